The van der Waals surface area contributed by atoms with Crippen molar-refractivity contribution in [2.45, 2.75) is 31.1 Å². The maximum atomic E-state index is 10.6. The van der Waals surface area contributed by atoms with Crippen molar-refractivity contribution in [3.63, 3.8) is 0 Å². The van der Waals surface area contributed by atoms with E-state index in [1.807, 2.05) is 0 Å². The van der Waals surface area contributed by atoms with Gasteiger partial charge in [-0.15, -0.1) is 0 Å². The van der Waals surface area contributed by atoms with Crippen LogP contribution >= 0.6 is 0 Å². The number of aliphatic carboxylic acids is 1. The zero-order valence-corrected chi connectivity index (χ0v) is 7.51. The fourth-order valence-electron chi connectivity index (χ4n) is 1.65. The third kappa shape index (κ3) is 1.20. The second-order valence-electron chi connectivity index (χ2n) is 4.05. The zero-order chi connectivity index (χ0) is 9.71. The molecule has 1 N–H and O–H groups in total. The molecule has 0 saturated heterocycles. The maximum Gasteiger partial charge on any atom is 0.307 e. The van der Waals surface area contributed by atoms with E-state index in [2.05, 4.69) is 10.1 Å². The summed E-state index contributed by atoms with van der Waals surface area (Å²) in [4.78, 5) is 14.8. The van der Waals surface area contributed by atoms with Crippen molar-refractivity contribution < 1.29 is 14.4 Å². The molecule has 0 radical (unpaired) electrons. The van der Waals surface area contributed by atoms with Gasteiger partial charge in [0.25, 0.3) is 0 Å². The SMILES string of the molecule is O=C(O)C1CC1c1nc(C2CC2)no1. The fraction of sp³-hybridized carbons (Fsp3) is 0.667. The molecule has 5 heteroatoms. The van der Waals surface area contributed by atoms with E-state index in [9.17, 15) is 4.79 Å². The average molecular weight is 194 g/mol. The van der Waals surface area contributed by atoms with E-state index in [4.69, 9.17) is 9.63 Å². The Labute approximate surface area is 80.1 Å². The lowest BCUT2D eigenvalue weighted by molar-refractivity contribution is -0.138. The summed E-state index contributed by atoms with van der Waals surface area (Å²) in [7, 11) is 0. The molecule has 5 nitrogen and oxygen atoms in total. The topological polar surface area (TPSA) is 76.2 Å². The summed E-state index contributed by atoms with van der Waals surface area (Å²) in [5.41, 5.74) is 0. The third-order valence-corrected chi connectivity index (χ3v) is 2.82. The Hall–Kier alpha value is -1.39. The Balaban J connectivity index is 1.75. The predicted molar refractivity (Wildman–Crippen MR) is 44.8 cm³/mol. The van der Waals surface area contributed by atoms with Gasteiger partial charge in [-0.25, -0.2) is 0 Å². The van der Waals surface area contributed by atoms with Gasteiger partial charge in [0.1, 0.15) is 0 Å². The molecule has 3 rings (SSSR count). The van der Waals surface area contributed by atoms with Crippen molar-refractivity contribution in [3.05, 3.63) is 11.7 Å². The number of carboxylic acids is 1. The highest BCUT2D eigenvalue weighted by Gasteiger charge is 2.48. The molecule has 0 aromatic carbocycles. The standard InChI is InChI=1S/C9H10N2O3/c12-9(13)6-3-5(6)8-10-7(11-14-8)4-1-2-4/h4-6H,1-3H2,(H,12,13). The van der Waals surface area contributed by atoms with Crippen LogP contribution in [0.5, 0.6) is 0 Å². The van der Waals surface area contributed by atoms with Gasteiger partial charge >= 0.3 is 5.97 Å². The molecule has 74 valence electrons. The lowest BCUT2D eigenvalue weighted by Crippen LogP contribution is -1.99. The van der Waals surface area contributed by atoms with Crippen molar-refractivity contribution in [2.75, 3.05) is 0 Å². The van der Waals surface area contributed by atoms with E-state index in [0.29, 0.717) is 18.2 Å². The molecule has 2 aliphatic carbocycles. The maximum absolute atomic E-state index is 10.6. The summed E-state index contributed by atoms with van der Waals surface area (Å²) >= 11 is 0. The van der Waals surface area contributed by atoms with Crippen LogP contribution in [0.4, 0.5) is 0 Å². The predicted octanol–water partition coefficient (Wildman–Crippen LogP) is 1.14. The molecule has 2 atom stereocenters. The number of rotatable bonds is 3. The van der Waals surface area contributed by atoms with Crippen LogP contribution in [-0.4, -0.2) is 21.2 Å². The lowest BCUT2D eigenvalue weighted by atomic mass is 10.3. The van der Waals surface area contributed by atoms with Gasteiger partial charge in [0.15, 0.2) is 5.82 Å². The summed E-state index contributed by atoms with van der Waals surface area (Å²) in [6.45, 7) is 0. The quantitative estimate of drug-likeness (QED) is 0.780. The highest BCUT2D eigenvalue weighted by Crippen LogP contribution is 2.47. The summed E-state index contributed by atoms with van der Waals surface area (Å²) in [5.74, 6) is 0.640. The number of hydrogen-bond acceptors (Lipinski definition) is 4. The van der Waals surface area contributed by atoms with Gasteiger partial charge in [0.2, 0.25) is 5.89 Å². The molecule has 1 heterocycles. The van der Waals surface area contributed by atoms with Crippen LogP contribution in [-0.2, 0) is 4.79 Å². The number of carbonyl (C=O) groups is 1. The zero-order valence-electron chi connectivity index (χ0n) is 7.51. The largest absolute Gasteiger partial charge is 0.481 e. The Morgan fingerprint density at radius 2 is 2.29 bits per heavy atom. The number of nitrogens with zero attached hydrogens (tertiary/aromatic N) is 2. The van der Waals surface area contributed by atoms with E-state index in [-0.39, 0.29) is 11.8 Å². The minimum absolute atomic E-state index is 0.0347. The van der Waals surface area contributed by atoms with Crippen LogP contribution in [0.2, 0.25) is 0 Å². The highest BCUT2D eigenvalue weighted by atomic mass is 16.5. The van der Waals surface area contributed by atoms with Gasteiger partial charge in [0.05, 0.1) is 11.8 Å². The van der Waals surface area contributed by atoms with Crippen LogP contribution in [0.3, 0.4) is 0 Å². The van der Waals surface area contributed by atoms with Crippen molar-refractivity contribution >= 4 is 5.97 Å². The molecular formula is C9H10N2O3. The molecule has 1 aromatic heterocycles. The van der Waals surface area contributed by atoms with E-state index in [0.717, 1.165) is 18.7 Å². The summed E-state index contributed by atoms with van der Waals surface area (Å²) < 4.78 is 5.05. The van der Waals surface area contributed by atoms with Crippen LogP contribution in [0.25, 0.3) is 0 Å². The highest BCUT2D eigenvalue weighted by molar-refractivity contribution is 5.74. The molecular weight excluding hydrogens is 184 g/mol. The molecule has 0 spiro atoms. The fourth-order valence-corrected chi connectivity index (χ4v) is 1.65. The smallest absolute Gasteiger partial charge is 0.307 e. The Bertz CT molecular complexity index is 383. The molecule has 2 unspecified atom stereocenters. The molecule has 0 bridgehead atoms. The molecule has 2 fully saturated rings. The minimum Gasteiger partial charge on any atom is -0.481 e. The van der Waals surface area contributed by atoms with Gasteiger partial charge < -0.3 is 9.63 Å². The van der Waals surface area contributed by atoms with E-state index >= 15 is 0 Å². The van der Waals surface area contributed by atoms with Gasteiger partial charge in [0, 0.05) is 5.92 Å². The summed E-state index contributed by atoms with van der Waals surface area (Å²) in [5, 5.41) is 12.6. The van der Waals surface area contributed by atoms with Crippen molar-refractivity contribution in [1.82, 2.24) is 10.1 Å². The van der Waals surface area contributed by atoms with E-state index in [1.54, 1.807) is 0 Å². The molecule has 0 aliphatic heterocycles. The van der Waals surface area contributed by atoms with Crippen molar-refractivity contribution in [1.29, 1.82) is 0 Å². The average Bonchev–Trinajstić information content (AvgIpc) is 3.05. The molecule has 14 heavy (non-hydrogen) atoms. The second kappa shape index (κ2) is 2.56. The summed E-state index contributed by atoms with van der Waals surface area (Å²) in [6.07, 6.45) is 2.90. The Kier molecular flexibility index (Phi) is 1.45. The van der Waals surface area contributed by atoms with Crippen LogP contribution in [0.1, 0.15) is 42.8 Å². The first-order valence-electron chi connectivity index (χ1n) is 4.82. The lowest BCUT2D eigenvalue weighted by Gasteiger charge is -1.86. The molecule has 0 amide bonds. The first kappa shape index (κ1) is 7.96. The van der Waals surface area contributed by atoms with E-state index < -0.39 is 5.97 Å². The number of hydrogen-bond donors (Lipinski definition) is 1. The minimum atomic E-state index is -0.763. The van der Waals surface area contributed by atoms with Gasteiger partial charge in [-0.2, -0.15) is 4.98 Å². The second-order valence-corrected chi connectivity index (χ2v) is 4.05. The first-order valence-corrected chi connectivity index (χ1v) is 4.82. The van der Waals surface area contributed by atoms with Crippen molar-refractivity contribution in [2.24, 2.45) is 5.92 Å². The summed E-state index contributed by atoms with van der Waals surface area (Å²) in [6, 6.07) is 0. The normalized spacial score (nSPS) is 30.3. The first-order chi connectivity index (χ1) is 6.75. The third-order valence-electron chi connectivity index (χ3n) is 2.82. The van der Waals surface area contributed by atoms with Gasteiger partial charge in [-0.05, 0) is 19.3 Å². The molecule has 2 saturated carbocycles. The monoisotopic (exact) mass is 194 g/mol. The number of aromatic nitrogens is 2. The van der Waals surface area contributed by atoms with E-state index in [1.165, 1.54) is 0 Å². The van der Waals surface area contributed by atoms with Crippen LogP contribution in [0.15, 0.2) is 4.52 Å². The molecule has 1 aromatic rings. The molecule has 2 aliphatic rings. The van der Waals surface area contributed by atoms with Crippen LogP contribution in [0, 0.1) is 5.92 Å². The van der Waals surface area contributed by atoms with Gasteiger partial charge in [-0.3, -0.25) is 4.79 Å². The number of carboxylic acid groups (broad SMARTS) is 1. The van der Waals surface area contributed by atoms with Gasteiger partial charge in [-0.1, -0.05) is 5.16 Å². The van der Waals surface area contributed by atoms with Crippen molar-refractivity contribution in [3.8, 4) is 0 Å². The van der Waals surface area contributed by atoms with Crippen LogP contribution < -0.4 is 0 Å². The Morgan fingerprint density at radius 3 is 2.86 bits per heavy atom. The Morgan fingerprint density at radius 1 is 1.50 bits per heavy atom.